The summed E-state index contributed by atoms with van der Waals surface area (Å²) in [5, 5.41) is 0. The number of benzene rings is 1. The Hall–Kier alpha value is -1.81. The van der Waals surface area contributed by atoms with E-state index in [0.717, 1.165) is 11.3 Å². The molecule has 0 saturated carbocycles. The lowest BCUT2D eigenvalue weighted by Gasteiger charge is -2.19. The van der Waals surface area contributed by atoms with Gasteiger partial charge in [0.25, 0.3) is 0 Å². The van der Waals surface area contributed by atoms with Crippen LogP contribution in [0.2, 0.25) is 0 Å². The molecule has 1 aromatic heterocycles. The summed E-state index contributed by atoms with van der Waals surface area (Å²) in [6.07, 6.45) is 3.31. The molecule has 0 fully saturated rings. The van der Waals surface area contributed by atoms with Crippen molar-refractivity contribution < 1.29 is 8.81 Å². The number of hydrogen-bond acceptors (Lipinski definition) is 3. The molecule has 0 radical (unpaired) electrons. The number of nitrogens with two attached hydrogens (primary N) is 1. The van der Waals surface area contributed by atoms with E-state index in [9.17, 15) is 4.39 Å². The van der Waals surface area contributed by atoms with Gasteiger partial charge in [0.2, 0.25) is 0 Å². The number of hydrogen-bond donors (Lipinski definition) is 1. The molecule has 0 aliphatic rings. The highest BCUT2D eigenvalue weighted by Gasteiger charge is 2.06. The van der Waals surface area contributed by atoms with Crippen molar-refractivity contribution in [3.8, 4) is 0 Å². The number of halogens is 1. The topological polar surface area (TPSA) is 42.4 Å². The van der Waals surface area contributed by atoms with Crippen LogP contribution in [0.25, 0.3) is 0 Å². The van der Waals surface area contributed by atoms with Crippen LogP contribution in [0.15, 0.2) is 41.2 Å². The standard InChI is InChI=1S/C13H15FN2O/c1-16(8-10-4-5-17-9-10)12-3-2-11(7-15)13(14)6-12/h2-6,9H,7-8,15H2,1H3. The minimum absolute atomic E-state index is 0.220. The molecule has 0 aliphatic carbocycles. The molecular formula is C13H15FN2O. The summed E-state index contributed by atoms with van der Waals surface area (Å²) in [4.78, 5) is 1.95. The fourth-order valence-electron chi connectivity index (χ4n) is 1.69. The number of rotatable bonds is 4. The summed E-state index contributed by atoms with van der Waals surface area (Å²) in [6.45, 7) is 0.898. The maximum absolute atomic E-state index is 13.6. The molecule has 3 nitrogen and oxygen atoms in total. The first kappa shape index (κ1) is 11.7. The minimum Gasteiger partial charge on any atom is -0.472 e. The first-order valence-corrected chi connectivity index (χ1v) is 5.41. The molecule has 1 aromatic carbocycles. The van der Waals surface area contributed by atoms with Gasteiger partial charge in [0.1, 0.15) is 5.82 Å². The van der Waals surface area contributed by atoms with Crippen LogP contribution in [0.3, 0.4) is 0 Å². The highest BCUT2D eigenvalue weighted by atomic mass is 19.1. The third-order valence-corrected chi connectivity index (χ3v) is 2.70. The average molecular weight is 234 g/mol. The molecule has 1 heterocycles. The van der Waals surface area contributed by atoms with E-state index in [1.54, 1.807) is 18.6 Å². The lowest BCUT2D eigenvalue weighted by atomic mass is 10.2. The van der Waals surface area contributed by atoms with Crippen molar-refractivity contribution in [3.63, 3.8) is 0 Å². The fraction of sp³-hybridized carbons (Fsp3) is 0.231. The van der Waals surface area contributed by atoms with E-state index in [1.807, 2.05) is 24.1 Å². The van der Waals surface area contributed by atoms with Crippen LogP contribution in [-0.4, -0.2) is 7.05 Å². The van der Waals surface area contributed by atoms with Gasteiger partial charge in [-0.15, -0.1) is 0 Å². The highest BCUT2D eigenvalue weighted by Crippen LogP contribution is 2.19. The zero-order chi connectivity index (χ0) is 12.3. The highest BCUT2D eigenvalue weighted by molar-refractivity contribution is 5.48. The Morgan fingerprint density at radius 3 is 2.76 bits per heavy atom. The van der Waals surface area contributed by atoms with Crippen LogP contribution in [0.1, 0.15) is 11.1 Å². The van der Waals surface area contributed by atoms with E-state index in [2.05, 4.69) is 0 Å². The van der Waals surface area contributed by atoms with E-state index in [0.29, 0.717) is 12.1 Å². The summed E-state index contributed by atoms with van der Waals surface area (Å²) in [7, 11) is 1.91. The lowest BCUT2D eigenvalue weighted by molar-refractivity contribution is 0.563. The molecule has 17 heavy (non-hydrogen) atoms. The second-order valence-corrected chi connectivity index (χ2v) is 3.97. The first-order chi connectivity index (χ1) is 8.20. The predicted molar refractivity (Wildman–Crippen MR) is 65.1 cm³/mol. The third kappa shape index (κ3) is 2.65. The van der Waals surface area contributed by atoms with Gasteiger partial charge in [0, 0.05) is 37.0 Å². The van der Waals surface area contributed by atoms with Gasteiger partial charge >= 0.3 is 0 Å². The number of anilines is 1. The number of nitrogens with zero attached hydrogens (tertiary/aromatic N) is 1. The second kappa shape index (κ2) is 5.01. The van der Waals surface area contributed by atoms with Crippen molar-refractivity contribution in [1.82, 2.24) is 0 Å². The molecule has 0 saturated heterocycles. The molecule has 0 aliphatic heterocycles. The normalized spacial score (nSPS) is 10.5. The Morgan fingerprint density at radius 2 is 2.18 bits per heavy atom. The Balaban J connectivity index is 2.14. The molecule has 90 valence electrons. The van der Waals surface area contributed by atoms with Gasteiger partial charge in [-0.05, 0) is 18.2 Å². The molecular weight excluding hydrogens is 219 g/mol. The van der Waals surface area contributed by atoms with E-state index in [-0.39, 0.29) is 12.4 Å². The summed E-state index contributed by atoms with van der Waals surface area (Å²) in [5.74, 6) is -0.260. The van der Waals surface area contributed by atoms with Crippen LogP contribution in [0.5, 0.6) is 0 Å². The van der Waals surface area contributed by atoms with Crippen LogP contribution in [0.4, 0.5) is 10.1 Å². The van der Waals surface area contributed by atoms with E-state index < -0.39 is 0 Å². The Labute approximate surface area is 99.6 Å². The molecule has 0 spiro atoms. The van der Waals surface area contributed by atoms with Crippen molar-refractivity contribution in [3.05, 3.63) is 53.7 Å². The SMILES string of the molecule is CN(Cc1ccoc1)c1ccc(CN)c(F)c1. The largest absolute Gasteiger partial charge is 0.472 e. The molecule has 0 bridgehead atoms. The summed E-state index contributed by atoms with van der Waals surface area (Å²) >= 11 is 0. The molecule has 4 heteroatoms. The van der Waals surface area contributed by atoms with Crippen LogP contribution in [0, 0.1) is 5.82 Å². The molecule has 0 amide bonds. The van der Waals surface area contributed by atoms with E-state index in [1.165, 1.54) is 6.07 Å². The quantitative estimate of drug-likeness (QED) is 0.883. The van der Waals surface area contributed by atoms with E-state index in [4.69, 9.17) is 10.2 Å². The van der Waals surface area contributed by atoms with Gasteiger partial charge in [-0.1, -0.05) is 6.07 Å². The Bertz CT molecular complexity index is 482. The Kier molecular flexibility index (Phi) is 3.44. The zero-order valence-corrected chi connectivity index (χ0v) is 9.69. The minimum atomic E-state index is -0.260. The van der Waals surface area contributed by atoms with Gasteiger partial charge < -0.3 is 15.1 Å². The second-order valence-electron chi connectivity index (χ2n) is 3.97. The average Bonchev–Trinajstić information content (AvgIpc) is 2.81. The maximum Gasteiger partial charge on any atom is 0.129 e. The smallest absolute Gasteiger partial charge is 0.129 e. The fourth-order valence-corrected chi connectivity index (χ4v) is 1.69. The Morgan fingerprint density at radius 1 is 1.35 bits per heavy atom. The summed E-state index contributed by atoms with van der Waals surface area (Å²) < 4.78 is 18.6. The maximum atomic E-state index is 13.6. The molecule has 2 rings (SSSR count). The lowest BCUT2D eigenvalue weighted by Crippen LogP contribution is -2.16. The zero-order valence-electron chi connectivity index (χ0n) is 9.69. The summed E-state index contributed by atoms with van der Waals surface area (Å²) in [5.41, 5.74) is 7.83. The van der Waals surface area contributed by atoms with Gasteiger partial charge in [0.05, 0.1) is 12.5 Å². The third-order valence-electron chi connectivity index (χ3n) is 2.70. The van der Waals surface area contributed by atoms with Gasteiger partial charge in [0.15, 0.2) is 0 Å². The van der Waals surface area contributed by atoms with Crippen molar-refractivity contribution in [1.29, 1.82) is 0 Å². The predicted octanol–water partition coefficient (Wildman–Crippen LogP) is 2.51. The van der Waals surface area contributed by atoms with Crippen molar-refractivity contribution in [2.75, 3.05) is 11.9 Å². The van der Waals surface area contributed by atoms with Gasteiger partial charge in [-0.3, -0.25) is 0 Å². The summed E-state index contributed by atoms with van der Waals surface area (Å²) in [6, 6.07) is 6.98. The van der Waals surface area contributed by atoms with Gasteiger partial charge in [-0.25, -0.2) is 4.39 Å². The molecule has 2 aromatic rings. The number of furan rings is 1. The van der Waals surface area contributed by atoms with Crippen LogP contribution >= 0.6 is 0 Å². The van der Waals surface area contributed by atoms with E-state index >= 15 is 0 Å². The monoisotopic (exact) mass is 234 g/mol. The molecule has 0 unspecified atom stereocenters. The van der Waals surface area contributed by atoms with Crippen LogP contribution in [-0.2, 0) is 13.1 Å². The van der Waals surface area contributed by atoms with Crippen molar-refractivity contribution in [2.24, 2.45) is 5.73 Å². The van der Waals surface area contributed by atoms with Crippen molar-refractivity contribution >= 4 is 5.69 Å². The van der Waals surface area contributed by atoms with Crippen LogP contribution < -0.4 is 10.6 Å². The van der Waals surface area contributed by atoms with Gasteiger partial charge in [-0.2, -0.15) is 0 Å². The first-order valence-electron chi connectivity index (χ1n) is 5.41. The molecule has 2 N–H and O–H groups in total. The van der Waals surface area contributed by atoms with Crippen molar-refractivity contribution in [2.45, 2.75) is 13.1 Å². The molecule has 0 atom stereocenters.